The third kappa shape index (κ3) is 2.05. The van der Waals surface area contributed by atoms with Gasteiger partial charge < -0.3 is 10.1 Å². The molecule has 0 spiro atoms. The summed E-state index contributed by atoms with van der Waals surface area (Å²) in [6.45, 7) is 5.97. The van der Waals surface area contributed by atoms with E-state index in [0.29, 0.717) is 5.92 Å². The van der Waals surface area contributed by atoms with E-state index < -0.39 is 11.9 Å². The molecule has 0 aliphatic rings. The molecule has 3 nitrogen and oxygen atoms in total. The highest BCUT2D eigenvalue weighted by molar-refractivity contribution is 5.86. The van der Waals surface area contributed by atoms with Gasteiger partial charge in [0.05, 0.1) is 5.92 Å². The van der Waals surface area contributed by atoms with E-state index >= 15 is 0 Å². The molecule has 1 unspecified atom stereocenters. The maximum Gasteiger partial charge on any atom is 0.312 e. The summed E-state index contributed by atoms with van der Waals surface area (Å²) in [4.78, 5) is 14.2. The molecular weight excluding hydrogens is 214 g/mol. The Kier molecular flexibility index (Phi) is 2.92. The summed E-state index contributed by atoms with van der Waals surface area (Å²) in [5.41, 5.74) is 3.05. The van der Waals surface area contributed by atoms with Crippen LogP contribution in [0.5, 0.6) is 0 Å². The van der Waals surface area contributed by atoms with Gasteiger partial charge in [-0.25, -0.2) is 0 Å². The molecule has 0 fully saturated rings. The summed E-state index contributed by atoms with van der Waals surface area (Å²) in [6.07, 6.45) is 0. The van der Waals surface area contributed by atoms with Gasteiger partial charge >= 0.3 is 5.97 Å². The zero-order valence-corrected chi connectivity index (χ0v) is 10.3. The van der Waals surface area contributed by atoms with Crippen LogP contribution in [0.2, 0.25) is 0 Å². The molecule has 0 bridgehead atoms. The van der Waals surface area contributed by atoms with E-state index in [1.54, 1.807) is 6.92 Å². The Hall–Kier alpha value is -1.77. The maximum absolute atomic E-state index is 11.0. The number of para-hydroxylation sites is 1. The number of hydrogen-bond donors (Lipinski definition) is 2. The van der Waals surface area contributed by atoms with Crippen molar-refractivity contribution in [3.05, 3.63) is 35.5 Å². The average Bonchev–Trinajstić information content (AvgIpc) is 2.70. The number of aromatic nitrogens is 1. The SMILES string of the molecule is CC(C)c1cccc2cc(C(C)C(=O)O)[nH]c12. The summed E-state index contributed by atoms with van der Waals surface area (Å²) < 4.78 is 0. The van der Waals surface area contributed by atoms with Crippen LogP contribution in [0.4, 0.5) is 0 Å². The normalized spacial score (nSPS) is 13.2. The van der Waals surface area contributed by atoms with E-state index in [9.17, 15) is 4.79 Å². The first-order valence-corrected chi connectivity index (χ1v) is 5.85. The topological polar surface area (TPSA) is 53.1 Å². The number of hydrogen-bond acceptors (Lipinski definition) is 1. The Bertz CT molecular complexity index is 554. The van der Waals surface area contributed by atoms with Crippen LogP contribution in [0.1, 0.15) is 43.9 Å². The molecule has 1 heterocycles. The quantitative estimate of drug-likeness (QED) is 0.849. The number of carboxylic acid groups (broad SMARTS) is 1. The lowest BCUT2D eigenvalue weighted by Crippen LogP contribution is -2.07. The second kappa shape index (κ2) is 4.24. The van der Waals surface area contributed by atoms with Gasteiger partial charge in [-0.2, -0.15) is 0 Å². The Morgan fingerprint density at radius 1 is 1.29 bits per heavy atom. The van der Waals surface area contributed by atoms with E-state index in [2.05, 4.69) is 24.9 Å². The smallest absolute Gasteiger partial charge is 0.312 e. The molecule has 0 saturated carbocycles. The molecule has 2 N–H and O–H groups in total. The number of H-pyrrole nitrogens is 1. The largest absolute Gasteiger partial charge is 0.481 e. The Morgan fingerprint density at radius 3 is 2.59 bits per heavy atom. The predicted octanol–water partition coefficient (Wildman–Crippen LogP) is 3.48. The lowest BCUT2D eigenvalue weighted by molar-refractivity contribution is -0.138. The number of aromatic amines is 1. The van der Waals surface area contributed by atoms with Crippen molar-refractivity contribution in [1.29, 1.82) is 0 Å². The van der Waals surface area contributed by atoms with Crippen molar-refractivity contribution in [3.63, 3.8) is 0 Å². The number of carboxylic acids is 1. The minimum absolute atomic E-state index is 0.422. The van der Waals surface area contributed by atoms with Crippen molar-refractivity contribution in [1.82, 2.24) is 4.98 Å². The fourth-order valence-electron chi connectivity index (χ4n) is 2.05. The van der Waals surface area contributed by atoms with Gasteiger partial charge in [0.15, 0.2) is 0 Å². The van der Waals surface area contributed by atoms with E-state index in [0.717, 1.165) is 16.6 Å². The summed E-state index contributed by atoms with van der Waals surface area (Å²) in [5.74, 6) is -0.879. The van der Waals surface area contributed by atoms with Crippen molar-refractivity contribution in [2.75, 3.05) is 0 Å². The standard InChI is InChI=1S/C14H17NO2/c1-8(2)11-6-4-5-10-7-12(15-13(10)11)9(3)14(16)17/h4-9,15H,1-3H3,(H,16,17). The summed E-state index contributed by atoms with van der Waals surface area (Å²) in [6, 6.07) is 8.04. The molecule has 0 aliphatic carbocycles. The number of aliphatic carboxylic acids is 1. The highest BCUT2D eigenvalue weighted by atomic mass is 16.4. The van der Waals surface area contributed by atoms with Crippen LogP contribution in [0, 0.1) is 0 Å². The Morgan fingerprint density at radius 2 is 2.00 bits per heavy atom. The molecule has 2 aromatic rings. The second-order valence-electron chi connectivity index (χ2n) is 4.75. The number of rotatable bonds is 3. The maximum atomic E-state index is 11.0. The van der Waals surface area contributed by atoms with Gasteiger partial charge in [0.2, 0.25) is 0 Å². The van der Waals surface area contributed by atoms with Crippen LogP contribution < -0.4 is 0 Å². The first-order chi connectivity index (χ1) is 8.00. The molecule has 90 valence electrons. The van der Waals surface area contributed by atoms with Gasteiger partial charge in [-0.3, -0.25) is 4.79 Å². The zero-order chi connectivity index (χ0) is 12.6. The van der Waals surface area contributed by atoms with Crippen molar-refractivity contribution >= 4 is 16.9 Å². The highest BCUT2D eigenvalue weighted by Gasteiger charge is 2.17. The van der Waals surface area contributed by atoms with Crippen LogP contribution in [0.3, 0.4) is 0 Å². The van der Waals surface area contributed by atoms with Crippen LogP contribution in [0.15, 0.2) is 24.3 Å². The van der Waals surface area contributed by atoms with Gasteiger partial charge in [0.25, 0.3) is 0 Å². The summed E-state index contributed by atoms with van der Waals surface area (Å²) in [5, 5.41) is 10.1. The van der Waals surface area contributed by atoms with Crippen LogP contribution in [-0.4, -0.2) is 16.1 Å². The van der Waals surface area contributed by atoms with Crippen molar-refractivity contribution in [2.45, 2.75) is 32.6 Å². The zero-order valence-electron chi connectivity index (χ0n) is 10.3. The average molecular weight is 231 g/mol. The lowest BCUT2D eigenvalue weighted by atomic mass is 10.0. The third-order valence-electron chi connectivity index (χ3n) is 3.17. The molecule has 0 saturated heterocycles. The molecule has 0 radical (unpaired) electrons. The predicted molar refractivity (Wildman–Crippen MR) is 68.4 cm³/mol. The molecule has 17 heavy (non-hydrogen) atoms. The Balaban J connectivity index is 2.57. The van der Waals surface area contributed by atoms with E-state index in [1.807, 2.05) is 18.2 Å². The lowest BCUT2D eigenvalue weighted by Gasteiger charge is -2.06. The minimum Gasteiger partial charge on any atom is -0.481 e. The van der Waals surface area contributed by atoms with Gasteiger partial charge in [-0.1, -0.05) is 32.0 Å². The molecule has 2 rings (SSSR count). The van der Waals surface area contributed by atoms with Crippen molar-refractivity contribution < 1.29 is 9.90 Å². The number of nitrogens with one attached hydrogen (secondary N) is 1. The first kappa shape index (κ1) is 11.7. The van der Waals surface area contributed by atoms with Gasteiger partial charge in [-0.05, 0) is 29.9 Å². The summed E-state index contributed by atoms with van der Waals surface area (Å²) >= 11 is 0. The first-order valence-electron chi connectivity index (χ1n) is 5.85. The minimum atomic E-state index is -0.803. The molecule has 0 amide bonds. The van der Waals surface area contributed by atoms with Gasteiger partial charge in [0.1, 0.15) is 0 Å². The van der Waals surface area contributed by atoms with Crippen LogP contribution in [-0.2, 0) is 4.79 Å². The molecule has 1 aromatic heterocycles. The van der Waals surface area contributed by atoms with Crippen molar-refractivity contribution in [2.24, 2.45) is 0 Å². The molecular formula is C14H17NO2. The number of carbonyl (C=O) groups is 1. The third-order valence-corrected chi connectivity index (χ3v) is 3.17. The van der Waals surface area contributed by atoms with Crippen molar-refractivity contribution in [3.8, 4) is 0 Å². The van der Waals surface area contributed by atoms with Crippen LogP contribution >= 0.6 is 0 Å². The molecule has 1 atom stereocenters. The number of fused-ring (bicyclic) bond motifs is 1. The van der Waals surface area contributed by atoms with E-state index in [1.165, 1.54) is 5.56 Å². The molecule has 0 aliphatic heterocycles. The monoisotopic (exact) mass is 231 g/mol. The molecule has 1 aromatic carbocycles. The van der Waals surface area contributed by atoms with Gasteiger partial charge in [-0.15, -0.1) is 0 Å². The van der Waals surface area contributed by atoms with E-state index in [-0.39, 0.29) is 0 Å². The number of benzene rings is 1. The second-order valence-corrected chi connectivity index (χ2v) is 4.75. The van der Waals surface area contributed by atoms with Gasteiger partial charge in [0, 0.05) is 11.2 Å². The summed E-state index contributed by atoms with van der Waals surface area (Å²) in [7, 11) is 0. The van der Waals surface area contributed by atoms with E-state index in [4.69, 9.17) is 5.11 Å². The molecule has 3 heteroatoms. The fourth-order valence-corrected chi connectivity index (χ4v) is 2.05. The highest BCUT2D eigenvalue weighted by Crippen LogP contribution is 2.28. The Labute approximate surface area is 100 Å². The fraction of sp³-hybridized carbons (Fsp3) is 0.357. The van der Waals surface area contributed by atoms with Crippen LogP contribution in [0.25, 0.3) is 10.9 Å².